The lowest BCUT2D eigenvalue weighted by Crippen LogP contribution is -2.10. The average molecular weight is 212 g/mol. The van der Waals surface area contributed by atoms with Crippen LogP contribution in [-0.2, 0) is 10.7 Å². The Kier molecular flexibility index (Phi) is 6.50. The Hall–Kier alpha value is -1.28. The van der Waals surface area contributed by atoms with Gasteiger partial charge in [-0.05, 0) is 12.5 Å². The fourth-order valence-corrected chi connectivity index (χ4v) is 0.745. The lowest BCUT2D eigenvalue weighted by Gasteiger charge is -1.88. The molecule has 0 spiro atoms. The maximum Gasteiger partial charge on any atom is 0.243 e. The number of alkyl halides is 1. The van der Waals surface area contributed by atoms with Gasteiger partial charge in [0.1, 0.15) is 0 Å². The van der Waals surface area contributed by atoms with Crippen molar-refractivity contribution in [3.05, 3.63) is 48.0 Å². The largest absolute Gasteiger partial charge is 0.366 e. The molecule has 0 heterocycles. The molecule has 0 unspecified atom stereocenters. The molecule has 0 aliphatic heterocycles. The van der Waals surface area contributed by atoms with Gasteiger partial charge in [0, 0.05) is 11.5 Å². The third-order valence-electron chi connectivity index (χ3n) is 1.42. The van der Waals surface area contributed by atoms with Crippen LogP contribution in [0.25, 0.3) is 0 Å². The van der Waals surface area contributed by atoms with Gasteiger partial charge < -0.3 is 5.73 Å². The normalized spacial score (nSPS) is 8.43. The zero-order chi connectivity index (χ0) is 11.0. The van der Waals surface area contributed by atoms with Crippen LogP contribution >= 0.6 is 11.6 Å². The Morgan fingerprint density at radius 2 is 1.86 bits per heavy atom. The molecule has 0 saturated heterocycles. The molecule has 3 heteroatoms. The third-order valence-corrected chi connectivity index (χ3v) is 1.73. The first-order chi connectivity index (χ1) is 6.57. The number of primary amides is 1. The van der Waals surface area contributed by atoms with Crippen LogP contribution in [0.5, 0.6) is 0 Å². The zero-order valence-electron chi connectivity index (χ0n) is 8.16. The predicted octanol–water partition coefficient (Wildman–Crippen LogP) is 2.47. The van der Waals surface area contributed by atoms with Gasteiger partial charge in [-0.25, -0.2) is 0 Å². The molecule has 1 amide bonds. The highest BCUT2D eigenvalue weighted by atomic mass is 35.5. The van der Waals surface area contributed by atoms with Crippen LogP contribution in [-0.4, -0.2) is 5.91 Å². The van der Waals surface area contributed by atoms with E-state index in [1.54, 1.807) is 6.92 Å². The Labute approximate surface area is 89.4 Å². The van der Waals surface area contributed by atoms with E-state index in [0.717, 1.165) is 0 Å². The second-order valence-corrected chi connectivity index (χ2v) is 3.03. The number of hydrogen-bond acceptors (Lipinski definition) is 1. The summed E-state index contributed by atoms with van der Waals surface area (Å²) >= 11 is 5.53. The molecule has 0 fully saturated rings. The number of carbonyl (C=O) groups is 1. The number of amides is 1. The van der Waals surface area contributed by atoms with Gasteiger partial charge in [-0.3, -0.25) is 4.79 Å². The number of halogens is 1. The SMILES string of the molecule is C=C(C)C(N)=O.ClCc1ccccc1. The van der Waals surface area contributed by atoms with Crippen molar-refractivity contribution < 1.29 is 4.79 Å². The molecule has 1 aromatic carbocycles. The molecule has 2 N–H and O–H groups in total. The van der Waals surface area contributed by atoms with E-state index in [4.69, 9.17) is 17.3 Å². The third kappa shape index (κ3) is 6.26. The second kappa shape index (κ2) is 7.15. The van der Waals surface area contributed by atoms with Crippen molar-refractivity contribution in [2.24, 2.45) is 5.73 Å². The lowest BCUT2D eigenvalue weighted by molar-refractivity contribution is -0.114. The van der Waals surface area contributed by atoms with Gasteiger partial charge in [-0.1, -0.05) is 36.9 Å². The van der Waals surface area contributed by atoms with Gasteiger partial charge in [0.15, 0.2) is 0 Å². The van der Waals surface area contributed by atoms with E-state index in [-0.39, 0.29) is 0 Å². The van der Waals surface area contributed by atoms with E-state index in [2.05, 4.69) is 6.58 Å². The van der Waals surface area contributed by atoms with Crippen LogP contribution in [0.1, 0.15) is 12.5 Å². The molecule has 0 bridgehead atoms. The molecular formula is C11H14ClNO. The fourth-order valence-electron chi connectivity index (χ4n) is 0.567. The smallest absolute Gasteiger partial charge is 0.243 e. The van der Waals surface area contributed by atoms with E-state index >= 15 is 0 Å². The van der Waals surface area contributed by atoms with E-state index in [0.29, 0.717) is 11.5 Å². The number of rotatable bonds is 2. The van der Waals surface area contributed by atoms with Crippen molar-refractivity contribution >= 4 is 17.5 Å². The highest BCUT2D eigenvalue weighted by molar-refractivity contribution is 6.17. The fraction of sp³-hybridized carbons (Fsp3) is 0.182. The number of carbonyl (C=O) groups excluding carboxylic acids is 1. The van der Waals surface area contributed by atoms with E-state index in [1.807, 2.05) is 30.3 Å². The standard InChI is InChI=1S/C7H7Cl.C4H7NO/c8-6-7-4-2-1-3-5-7;1-3(2)4(5)6/h1-5H,6H2;1H2,2H3,(H2,5,6). The van der Waals surface area contributed by atoms with E-state index in [9.17, 15) is 4.79 Å². The molecule has 76 valence electrons. The molecule has 0 atom stereocenters. The summed E-state index contributed by atoms with van der Waals surface area (Å²) in [6.45, 7) is 4.85. The maximum absolute atomic E-state index is 9.82. The van der Waals surface area contributed by atoms with Crippen LogP contribution in [0.4, 0.5) is 0 Å². The van der Waals surface area contributed by atoms with Crippen molar-refractivity contribution in [3.63, 3.8) is 0 Å². The first-order valence-corrected chi connectivity index (χ1v) is 4.66. The van der Waals surface area contributed by atoms with Crippen LogP contribution in [0.15, 0.2) is 42.5 Å². The first kappa shape index (κ1) is 12.7. The van der Waals surface area contributed by atoms with Crippen molar-refractivity contribution in [2.75, 3.05) is 0 Å². The van der Waals surface area contributed by atoms with Crippen molar-refractivity contribution in [1.82, 2.24) is 0 Å². The monoisotopic (exact) mass is 211 g/mol. The Bertz CT molecular complexity index is 283. The van der Waals surface area contributed by atoms with Gasteiger partial charge in [-0.15, -0.1) is 11.6 Å². The van der Waals surface area contributed by atoms with Gasteiger partial charge in [0.2, 0.25) is 5.91 Å². The van der Waals surface area contributed by atoms with Gasteiger partial charge in [0.05, 0.1) is 0 Å². The summed E-state index contributed by atoms with van der Waals surface area (Å²) in [7, 11) is 0. The summed E-state index contributed by atoms with van der Waals surface area (Å²) in [4.78, 5) is 9.82. The molecular weight excluding hydrogens is 198 g/mol. The topological polar surface area (TPSA) is 43.1 Å². The highest BCUT2D eigenvalue weighted by Gasteiger charge is 1.86. The minimum atomic E-state index is -0.435. The number of hydrogen-bond donors (Lipinski definition) is 1. The summed E-state index contributed by atoms with van der Waals surface area (Å²) in [5, 5.41) is 0. The van der Waals surface area contributed by atoms with Crippen LogP contribution in [0.2, 0.25) is 0 Å². The molecule has 0 saturated carbocycles. The quantitative estimate of drug-likeness (QED) is 0.593. The minimum absolute atomic E-state index is 0.398. The summed E-state index contributed by atoms with van der Waals surface area (Å²) in [5.74, 6) is 0.177. The first-order valence-electron chi connectivity index (χ1n) is 4.13. The zero-order valence-corrected chi connectivity index (χ0v) is 8.92. The van der Waals surface area contributed by atoms with Crippen molar-refractivity contribution in [1.29, 1.82) is 0 Å². The summed E-state index contributed by atoms with van der Waals surface area (Å²) in [6, 6.07) is 9.96. The van der Waals surface area contributed by atoms with E-state index in [1.165, 1.54) is 5.56 Å². The molecule has 0 aliphatic rings. The molecule has 0 aromatic heterocycles. The second-order valence-electron chi connectivity index (χ2n) is 2.76. The Balaban J connectivity index is 0.000000255. The minimum Gasteiger partial charge on any atom is -0.366 e. The summed E-state index contributed by atoms with van der Waals surface area (Å²) in [5.41, 5.74) is 6.27. The molecule has 1 aromatic rings. The Morgan fingerprint density at radius 1 is 1.43 bits per heavy atom. The van der Waals surface area contributed by atoms with Crippen LogP contribution in [0.3, 0.4) is 0 Å². The van der Waals surface area contributed by atoms with Crippen molar-refractivity contribution in [3.8, 4) is 0 Å². The molecule has 0 aliphatic carbocycles. The molecule has 2 nitrogen and oxygen atoms in total. The Morgan fingerprint density at radius 3 is 2.07 bits per heavy atom. The number of benzene rings is 1. The average Bonchev–Trinajstić information content (AvgIpc) is 2.20. The maximum atomic E-state index is 9.82. The number of nitrogens with two attached hydrogens (primary N) is 1. The highest BCUT2D eigenvalue weighted by Crippen LogP contribution is 2.00. The summed E-state index contributed by atoms with van der Waals surface area (Å²) in [6.07, 6.45) is 0. The molecule has 1 rings (SSSR count). The lowest BCUT2D eigenvalue weighted by atomic mass is 10.2. The van der Waals surface area contributed by atoms with E-state index < -0.39 is 5.91 Å². The predicted molar refractivity (Wildman–Crippen MR) is 60.0 cm³/mol. The van der Waals surface area contributed by atoms with Gasteiger partial charge in [0.25, 0.3) is 0 Å². The molecule has 14 heavy (non-hydrogen) atoms. The van der Waals surface area contributed by atoms with Gasteiger partial charge >= 0.3 is 0 Å². The van der Waals surface area contributed by atoms with Crippen LogP contribution < -0.4 is 5.73 Å². The molecule has 0 radical (unpaired) electrons. The summed E-state index contributed by atoms with van der Waals surface area (Å²) < 4.78 is 0. The van der Waals surface area contributed by atoms with Crippen molar-refractivity contribution in [2.45, 2.75) is 12.8 Å². The van der Waals surface area contributed by atoms with Gasteiger partial charge in [-0.2, -0.15) is 0 Å². The van der Waals surface area contributed by atoms with Crippen LogP contribution in [0, 0.1) is 0 Å².